The van der Waals surface area contributed by atoms with Crippen LogP contribution < -0.4 is 10.6 Å². The number of rotatable bonds is 5. The summed E-state index contributed by atoms with van der Waals surface area (Å²) in [5.41, 5.74) is 9.20. The molecule has 0 saturated heterocycles. The molecule has 2 aliphatic rings. The molecule has 0 bridgehead atoms. The van der Waals surface area contributed by atoms with Gasteiger partial charge in [0, 0.05) is 29.7 Å². The third-order valence-corrected chi connectivity index (χ3v) is 7.28. The largest absolute Gasteiger partial charge is 0.466 e. The maximum Gasteiger partial charge on any atom is 0.355 e. The van der Waals surface area contributed by atoms with Gasteiger partial charge in [-0.3, -0.25) is 4.90 Å². The van der Waals surface area contributed by atoms with Gasteiger partial charge in [0.25, 0.3) is 0 Å². The van der Waals surface area contributed by atoms with Crippen molar-refractivity contribution in [2.45, 2.75) is 17.6 Å². The van der Waals surface area contributed by atoms with Crippen LogP contribution in [0.25, 0.3) is 11.3 Å². The Labute approximate surface area is 217 Å². The maximum absolute atomic E-state index is 13.2. The number of hydrogen-bond donors (Lipinski definition) is 1. The average molecular weight is 514 g/mol. The Morgan fingerprint density at radius 2 is 1.86 bits per heavy atom. The molecule has 1 atom stereocenters. The summed E-state index contributed by atoms with van der Waals surface area (Å²) < 4.78 is 12.3. The summed E-state index contributed by atoms with van der Waals surface area (Å²) in [6.07, 6.45) is 1.98. The lowest BCUT2D eigenvalue weighted by molar-refractivity contribution is -0.139. The summed E-state index contributed by atoms with van der Waals surface area (Å²) in [4.78, 5) is 32.5. The number of imidazole rings is 1. The lowest BCUT2D eigenvalue weighted by atomic mass is 9.81. The second kappa shape index (κ2) is 9.87. The zero-order chi connectivity index (χ0) is 26.1. The number of ether oxygens (including phenoxy) is 2. The van der Waals surface area contributed by atoms with E-state index >= 15 is 0 Å². The predicted octanol–water partition coefficient (Wildman–Crippen LogP) is 3.55. The minimum Gasteiger partial charge on any atom is -0.466 e. The Balaban J connectivity index is 1.73. The fourth-order valence-corrected chi connectivity index (χ4v) is 5.58. The van der Waals surface area contributed by atoms with Crippen molar-refractivity contribution in [3.05, 3.63) is 89.0 Å². The SMILES string of the molecule is COC(=O)C1=C(C(=O)OC)N(c2cccc(-c3cn4c(n3)SCC4)c2)C(N)=C(C#N)C1c1ccccc1. The van der Waals surface area contributed by atoms with Gasteiger partial charge in [0.1, 0.15) is 11.5 Å². The molecule has 0 saturated carbocycles. The number of allylic oxidation sites excluding steroid dienone is 1. The molecule has 9 nitrogen and oxygen atoms in total. The number of hydrogen-bond acceptors (Lipinski definition) is 9. The van der Waals surface area contributed by atoms with Gasteiger partial charge in [0.15, 0.2) is 5.16 Å². The van der Waals surface area contributed by atoms with E-state index in [9.17, 15) is 14.9 Å². The van der Waals surface area contributed by atoms with Crippen LogP contribution >= 0.6 is 11.8 Å². The molecule has 0 fully saturated rings. The van der Waals surface area contributed by atoms with E-state index in [0.717, 1.165) is 28.7 Å². The number of carbonyl (C=O) groups excluding carboxylic acids is 2. The van der Waals surface area contributed by atoms with Gasteiger partial charge in [-0.1, -0.05) is 54.2 Å². The molecular formula is C27H23N5O4S. The number of nitriles is 1. The van der Waals surface area contributed by atoms with Crippen LogP contribution in [0.1, 0.15) is 11.5 Å². The lowest BCUT2D eigenvalue weighted by Crippen LogP contribution is -2.40. The molecule has 2 aliphatic heterocycles. The monoisotopic (exact) mass is 513 g/mol. The number of nitrogens with two attached hydrogens (primary N) is 1. The zero-order valence-electron chi connectivity index (χ0n) is 20.2. The van der Waals surface area contributed by atoms with Crippen LogP contribution in [0.3, 0.4) is 0 Å². The fraction of sp³-hybridized carbons (Fsp3) is 0.185. The predicted molar refractivity (Wildman–Crippen MR) is 138 cm³/mol. The van der Waals surface area contributed by atoms with Crippen LogP contribution in [-0.4, -0.2) is 41.5 Å². The van der Waals surface area contributed by atoms with Gasteiger partial charge >= 0.3 is 11.9 Å². The number of methoxy groups -OCH3 is 2. The second-order valence-electron chi connectivity index (χ2n) is 8.34. The normalized spacial score (nSPS) is 16.9. The van der Waals surface area contributed by atoms with E-state index in [1.165, 1.54) is 19.1 Å². The van der Waals surface area contributed by atoms with Crippen LogP contribution in [-0.2, 0) is 25.6 Å². The van der Waals surface area contributed by atoms with Crippen molar-refractivity contribution in [2.24, 2.45) is 5.73 Å². The minimum absolute atomic E-state index is 0.0180. The van der Waals surface area contributed by atoms with Crippen LogP contribution in [0.5, 0.6) is 0 Å². The minimum atomic E-state index is -0.916. The molecule has 3 aromatic rings. The first kappa shape index (κ1) is 24.2. The molecule has 5 rings (SSSR count). The first-order valence-corrected chi connectivity index (χ1v) is 12.4. The van der Waals surface area contributed by atoms with Crippen LogP contribution in [0, 0.1) is 11.3 Å². The zero-order valence-corrected chi connectivity index (χ0v) is 21.0. The molecule has 2 N–H and O–H groups in total. The number of fused-ring (bicyclic) bond motifs is 1. The number of nitrogens with zero attached hydrogens (tertiary/aromatic N) is 4. The summed E-state index contributed by atoms with van der Waals surface area (Å²) in [7, 11) is 2.45. The maximum atomic E-state index is 13.2. The average Bonchev–Trinajstić information content (AvgIpc) is 3.55. The lowest BCUT2D eigenvalue weighted by Gasteiger charge is -2.36. The first-order chi connectivity index (χ1) is 18.0. The number of aryl methyl sites for hydroxylation is 1. The van der Waals surface area contributed by atoms with Crippen LogP contribution in [0.15, 0.2) is 88.6 Å². The number of aromatic nitrogens is 2. The van der Waals surface area contributed by atoms with Gasteiger partial charge < -0.3 is 19.8 Å². The van der Waals surface area contributed by atoms with Crippen molar-refractivity contribution in [1.29, 1.82) is 5.26 Å². The smallest absolute Gasteiger partial charge is 0.355 e. The Morgan fingerprint density at radius 1 is 1.11 bits per heavy atom. The molecule has 1 aromatic heterocycles. The van der Waals surface area contributed by atoms with E-state index in [0.29, 0.717) is 11.3 Å². The van der Waals surface area contributed by atoms with Gasteiger partial charge in [-0.15, -0.1) is 0 Å². The molecular weight excluding hydrogens is 490 g/mol. The highest BCUT2D eigenvalue weighted by Crippen LogP contribution is 2.43. The summed E-state index contributed by atoms with van der Waals surface area (Å²) >= 11 is 1.69. The molecule has 0 aliphatic carbocycles. The van der Waals surface area contributed by atoms with Gasteiger partial charge in [-0.2, -0.15) is 5.26 Å². The number of carbonyl (C=O) groups is 2. The van der Waals surface area contributed by atoms with E-state index in [1.54, 1.807) is 48.2 Å². The highest BCUT2D eigenvalue weighted by Gasteiger charge is 2.43. The van der Waals surface area contributed by atoms with E-state index in [2.05, 4.69) is 10.6 Å². The van der Waals surface area contributed by atoms with E-state index < -0.39 is 17.9 Å². The van der Waals surface area contributed by atoms with Crippen LogP contribution in [0.4, 0.5) is 5.69 Å². The first-order valence-electron chi connectivity index (χ1n) is 11.4. The van der Waals surface area contributed by atoms with Crippen molar-refractivity contribution in [2.75, 3.05) is 24.9 Å². The summed E-state index contributed by atoms with van der Waals surface area (Å²) in [6, 6.07) is 18.3. The van der Waals surface area contributed by atoms with E-state index in [-0.39, 0.29) is 22.7 Å². The molecule has 3 heterocycles. The molecule has 2 aromatic carbocycles. The Morgan fingerprint density at radius 3 is 2.54 bits per heavy atom. The Bertz CT molecular complexity index is 1480. The van der Waals surface area contributed by atoms with Crippen LogP contribution in [0.2, 0.25) is 0 Å². The van der Waals surface area contributed by atoms with Crippen molar-refractivity contribution in [3.63, 3.8) is 0 Å². The molecule has 0 spiro atoms. The highest BCUT2D eigenvalue weighted by molar-refractivity contribution is 7.99. The highest BCUT2D eigenvalue weighted by atomic mass is 32.2. The van der Waals surface area contributed by atoms with Crippen molar-refractivity contribution in [1.82, 2.24) is 9.55 Å². The molecule has 10 heteroatoms. The molecule has 0 radical (unpaired) electrons. The summed E-state index contributed by atoms with van der Waals surface area (Å²) in [6.45, 7) is 0.888. The second-order valence-corrected chi connectivity index (χ2v) is 9.40. The summed E-state index contributed by atoms with van der Waals surface area (Å²) in [5.74, 6) is -1.46. The van der Waals surface area contributed by atoms with Gasteiger partial charge in [0.05, 0.1) is 43.0 Å². The van der Waals surface area contributed by atoms with Gasteiger partial charge in [0.2, 0.25) is 0 Å². The Kier molecular flexibility index (Phi) is 6.46. The van der Waals surface area contributed by atoms with Crippen molar-refractivity contribution < 1.29 is 19.1 Å². The standard InChI is InChI=1S/C27H23N5O4S/c1-35-25(33)22-21(16-7-4-3-5-8-16)19(14-28)24(29)32(23(22)26(34)36-2)18-10-6-9-17(13-18)20-15-31-11-12-37-27(31)30-20/h3-10,13,15,21H,11-12,29H2,1-2H3. The van der Waals surface area contributed by atoms with Gasteiger partial charge in [-0.25, -0.2) is 14.6 Å². The molecule has 186 valence electrons. The third kappa shape index (κ3) is 4.13. The number of esters is 2. The number of thioether (sulfide) groups is 1. The number of anilines is 1. The molecule has 0 amide bonds. The quantitative estimate of drug-likeness (QED) is 0.510. The number of benzene rings is 2. The summed E-state index contributed by atoms with van der Waals surface area (Å²) in [5, 5.41) is 11.1. The Hall–Kier alpha value is -4.49. The van der Waals surface area contributed by atoms with E-state index in [1.807, 2.05) is 24.4 Å². The van der Waals surface area contributed by atoms with Crippen molar-refractivity contribution in [3.8, 4) is 17.3 Å². The van der Waals surface area contributed by atoms with Gasteiger partial charge in [-0.05, 0) is 17.7 Å². The molecule has 37 heavy (non-hydrogen) atoms. The van der Waals surface area contributed by atoms with E-state index in [4.69, 9.17) is 20.2 Å². The fourth-order valence-electron chi connectivity index (χ4n) is 4.63. The van der Waals surface area contributed by atoms with Crippen molar-refractivity contribution >= 4 is 29.4 Å². The third-order valence-electron chi connectivity index (χ3n) is 6.31. The topological polar surface area (TPSA) is 123 Å². The molecule has 1 unspecified atom stereocenters.